The van der Waals surface area contributed by atoms with Gasteiger partial charge in [0.25, 0.3) is 0 Å². The van der Waals surface area contributed by atoms with Gasteiger partial charge in [0.2, 0.25) is 0 Å². The van der Waals surface area contributed by atoms with Crippen LogP contribution >= 0.6 is 7.82 Å². The summed E-state index contributed by atoms with van der Waals surface area (Å²) in [5, 5.41) is 0. The van der Waals surface area contributed by atoms with Gasteiger partial charge in [-0.1, -0.05) is 6.08 Å². The predicted octanol–water partition coefficient (Wildman–Crippen LogP) is 2.06. The van der Waals surface area contributed by atoms with Gasteiger partial charge in [0, 0.05) is 5.57 Å². The molecule has 0 aromatic rings. The molecule has 1 aliphatic heterocycles. The van der Waals surface area contributed by atoms with Crippen LogP contribution in [0.3, 0.4) is 0 Å². The monoisotopic (exact) mass is 264 g/mol. The standard InChI is InChI=1S/C10H17O6P/c1-3-14-17(12)15-6-4-5-9(2)10(11)13-7-8-16-17/h5H,3-4,6-8H2,1-2H3/b9-5-. The number of carbonyl (C=O) groups is 1. The Morgan fingerprint density at radius 2 is 2.06 bits per heavy atom. The molecule has 17 heavy (non-hydrogen) atoms. The van der Waals surface area contributed by atoms with E-state index in [4.69, 9.17) is 18.3 Å². The molecule has 0 bridgehead atoms. The summed E-state index contributed by atoms with van der Waals surface area (Å²) in [6, 6.07) is 0. The van der Waals surface area contributed by atoms with Gasteiger partial charge in [-0.3, -0.25) is 13.6 Å². The molecule has 0 aromatic carbocycles. The first kappa shape index (κ1) is 14.4. The third kappa shape index (κ3) is 5.00. The summed E-state index contributed by atoms with van der Waals surface area (Å²) in [5.74, 6) is -0.401. The average molecular weight is 264 g/mol. The van der Waals surface area contributed by atoms with E-state index in [-0.39, 0.29) is 26.4 Å². The number of carbonyl (C=O) groups excluding carboxylic acids is 1. The van der Waals surface area contributed by atoms with Crippen molar-refractivity contribution in [3.05, 3.63) is 11.6 Å². The predicted molar refractivity (Wildman–Crippen MR) is 60.5 cm³/mol. The van der Waals surface area contributed by atoms with Gasteiger partial charge in [-0.15, -0.1) is 0 Å². The molecular weight excluding hydrogens is 247 g/mol. The van der Waals surface area contributed by atoms with Crippen LogP contribution in [-0.4, -0.2) is 32.4 Å². The summed E-state index contributed by atoms with van der Waals surface area (Å²) in [4.78, 5) is 11.3. The molecule has 1 heterocycles. The second kappa shape index (κ2) is 6.91. The number of rotatable bonds is 2. The molecule has 0 saturated carbocycles. The third-order valence-electron chi connectivity index (χ3n) is 1.99. The summed E-state index contributed by atoms with van der Waals surface area (Å²) in [5.41, 5.74) is 0.502. The largest absolute Gasteiger partial charge is 0.474 e. The highest BCUT2D eigenvalue weighted by molar-refractivity contribution is 7.48. The molecule has 0 N–H and O–H groups in total. The Morgan fingerprint density at radius 3 is 2.76 bits per heavy atom. The molecule has 1 rings (SSSR count). The Bertz CT molecular complexity index is 338. The van der Waals surface area contributed by atoms with Gasteiger partial charge in [-0.2, -0.15) is 0 Å². The molecule has 0 aliphatic carbocycles. The number of phosphoric acid groups is 1. The Labute approximate surface area is 100 Å². The van der Waals surface area contributed by atoms with E-state index in [0.717, 1.165) is 0 Å². The van der Waals surface area contributed by atoms with Crippen molar-refractivity contribution in [1.82, 2.24) is 0 Å². The quantitative estimate of drug-likeness (QED) is 0.561. The van der Waals surface area contributed by atoms with Crippen molar-refractivity contribution in [2.45, 2.75) is 20.3 Å². The highest BCUT2D eigenvalue weighted by Crippen LogP contribution is 2.49. The van der Waals surface area contributed by atoms with Crippen LogP contribution in [0.1, 0.15) is 20.3 Å². The van der Waals surface area contributed by atoms with Crippen LogP contribution in [0.15, 0.2) is 11.6 Å². The summed E-state index contributed by atoms with van der Waals surface area (Å²) in [7, 11) is -3.51. The number of cyclic esters (lactones) is 1. The first-order valence-electron chi connectivity index (χ1n) is 5.45. The maximum absolute atomic E-state index is 11.9. The van der Waals surface area contributed by atoms with E-state index in [0.29, 0.717) is 12.0 Å². The van der Waals surface area contributed by atoms with Gasteiger partial charge in [0.15, 0.2) is 0 Å². The SMILES string of the molecule is CCOP1(=O)OCC/C=C(/C)C(=O)OCCO1. The van der Waals surface area contributed by atoms with Crippen molar-refractivity contribution < 1.29 is 27.7 Å². The number of hydrogen-bond acceptors (Lipinski definition) is 6. The molecule has 0 aromatic heterocycles. The Morgan fingerprint density at radius 1 is 1.35 bits per heavy atom. The highest BCUT2D eigenvalue weighted by atomic mass is 31.2. The molecule has 1 atom stereocenters. The smallest absolute Gasteiger partial charge is 0.460 e. The summed E-state index contributed by atoms with van der Waals surface area (Å²) >= 11 is 0. The maximum Gasteiger partial charge on any atom is 0.474 e. The molecule has 7 heteroatoms. The van der Waals surface area contributed by atoms with E-state index in [9.17, 15) is 9.36 Å². The fourth-order valence-corrected chi connectivity index (χ4v) is 2.36. The van der Waals surface area contributed by atoms with Crippen molar-refractivity contribution >= 4 is 13.8 Å². The van der Waals surface area contributed by atoms with Crippen molar-refractivity contribution in [1.29, 1.82) is 0 Å². The van der Waals surface area contributed by atoms with Crippen molar-refractivity contribution in [2.24, 2.45) is 0 Å². The van der Waals surface area contributed by atoms with E-state index >= 15 is 0 Å². The minimum atomic E-state index is -3.51. The number of ether oxygens (including phenoxy) is 1. The first-order valence-corrected chi connectivity index (χ1v) is 6.91. The van der Waals surface area contributed by atoms with Crippen LogP contribution in [-0.2, 0) is 27.7 Å². The van der Waals surface area contributed by atoms with Crippen LogP contribution in [0, 0.1) is 0 Å². The van der Waals surface area contributed by atoms with Crippen molar-refractivity contribution in [2.75, 3.05) is 26.4 Å². The van der Waals surface area contributed by atoms with Crippen LogP contribution in [0.25, 0.3) is 0 Å². The molecule has 0 amide bonds. The molecule has 0 spiro atoms. The van der Waals surface area contributed by atoms with E-state index < -0.39 is 13.8 Å². The second-order valence-electron chi connectivity index (χ2n) is 3.34. The summed E-state index contributed by atoms with van der Waals surface area (Å²) < 4.78 is 31.8. The zero-order valence-electron chi connectivity index (χ0n) is 10.0. The lowest BCUT2D eigenvalue weighted by Crippen LogP contribution is -2.11. The molecule has 0 radical (unpaired) electrons. The number of phosphoric ester groups is 1. The zero-order valence-corrected chi connectivity index (χ0v) is 10.9. The minimum absolute atomic E-state index is 0.0176. The maximum atomic E-state index is 11.9. The molecule has 0 saturated heterocycles. The molecule has 6 nitrogen and oxygen atoms in total. The van der Waals surface area contributed by atoms with Crippen LogP contribution < -0.4 is 0 Å². The first-order chi connectivity index (χ1) is 8.07. The normalized spacial score (nSPS) is 30.9. The van der Waals surface area contributed by atoms with E-state index in [1.807, 2.05) is 0 Å². The summed E-state index contributed by atoms with van der Waals surface area (Å²) in [6.45, 7) is 3.75. The average Bonchev–Trinajstić information content (AvgIpc) is 2.31. The van der Waals surface area contributed by atoms with Gasteiger partial charge < -0.3 is 4.74 Å². The molecule has 98 valence electrons. The van der Waals surface area contributed by atoms with Crippen LogP contribution in [0.5, 0.6) is 0 Å². The molecule has 1 unspecified atom stereocenters. The highest BCUT2D eigenvalue weighted by Gasteiger charge is 2.26. The van der Waals surface area contributed by atoms with E-state index in [1.165, 1.54) is 0 Å². The topological polar surface area (TPSA) is 71.1 Å². The van der Waals surface area contributed by atoms with Gasteiger partial charge in [-0.25, -0.2) is 9.36 Å². The van der Waals surface area contributed by atoms with Crippen molar-refractivity contribution in [3.8, 4) is 0 Å². The molecule has 1 aliphatic rings. The van der Waals surface area contributed by atoms with Gasteiger partial charge in [0.05, 0.1) is 19.8 Å². The lowest BCUT2D eigenvalue weighted by molar-refractivity contribution is -0.139. The molecular formula is C10H17O6P. The zero-order chi connectivity index (χ0) is 12.7. The third-order valence-corrected chi connectivity index (χ3v) is 3.56. The number of esters is 1. The van der Waals surface area contributed by atoms with Crippen LogP contribution in [0.2, 0.25) is 0 Å². The van der Waals surface area contributed by atoms with Gasteiger partial charge in [0.1, 0.15) is 6.61 Å². The van der Waals surface area contributed by atoms with E-state index in [2.05, 4.69) is 0 Å². The van der Waals surface area contributed by atoms with E-state index in [1.54, 1.807) is 19.9 Å². The minimum Gasteiger partial charge on any atom is -0.460 e. The summed E-state index contributed by atoms with van der Waals surface area (Å²) in [6.07, 6.45) is 2.12. The fourth-order valence-electron chi connectivity index (χ4n) is 1.19. The Balaban J connectivity index is 2.64. The lowest BCUT2D eigenvalue weighted by atomic mass is 10.2. The Hall–Kier alpha value is -0.680. The number of hydrogen-bond donors (Lipinski definition) is 0. The Kier molecular flexibility index (Phi) is 5.85. The van der Waals surface area contributed by atoms with Crippen LogP contribution in [0.4, 0.5) is 0 Å². The van der Waals surface area contributed by atoms with Crippen molar-refractivity contribution in [3.63, 3.8) is 0 Å². The second-order valence-corrected chi connectivity index (χ2v) is 5.01. The van der Waals surface area contributed by atoms with Gasteiger partial charge >= 0.3 is 13.8 Å². The molecule has 0 fully saturated rings. The fraction of sp³-hybridized carbons (Fsp3) is 0.700. The van der Waals surface area contributed by atoms with Gasteiger partial charge in [-0.05, 0) is 20.3 Å². The lowest BCUT2D eigenvalue weighted by Gasteiger charge is -2.16.